The first-order valence-corrected chi connectivity index (χ1v) is 5.78. The largest absolute Gasteiger partial charge is 0.481 e. The van der Waals surface area contributed by atoms with Crippen LogP contribution in [0.25, 0.3) is 0 Å². The van der Waals surface area contributed by atoms with Gasteiger partial charge < -0.3 is 10.1 Å². The average molecular weight is 260 g/mol. The van der Waals surface area contributed by atoms with Crippen molar-refractivity contribution in [1.29, 1.82) is 0 Å². The third-order valence-corrected chi connectivity index (χ3v) is 2.42. The molecule has 1 aromatic carbocycles. The fraction of sp³-hybridized carbons (Fsp3) is 0.143. The van der Waals surface area contributed by atoms with Gasteiger partial charge in [-0.25, -0.2) is 4.39 Å². The normalized spacial score (nSPS) is 11.7. The number of halogens is 1. The van der Waals surface area contributed by atoms with Gasteiger partial charge in [0.05, 0.1) is 11.9 Å². The van der Waals surface area contributed by atoms with Crippen molar-refractivity contribution in [2.45, 2.75) is 13.0 Å². The molecule has 0 aliphatic heterocycles. The quantitative estimate of drug-likeness (QED) is 0.919. The second kappa shape index (κ2) is 5.95. The van der Waals surface area contributed by atoms with Gasteiger partial charge in [0.1, 0.15) is 11.6 Å². The van der Waals surface area contributed by atoms with Gasteiger partial charge in [-0.3, -0.25) is 9.78 Å². The molecule has 98 valence electrons. The molecule has 0 spiro atoms. The minimum atomic E-state index is -0.689. The maximum absolute atomic E-state index is 12.7. The van der Waals surface area contributed by atoms with Gasteiger partial charge in [-0.2, -0.15) is 0 Å². The van der Waals surface area contributed by atoms with Crippen LogP contribution in [-0.2, 0) is 4.79 Å². The monoisotopic (exact) mass is 260 g/mol. The molecule has 0 aliphatic rings. The third kappa shape index (κ3) is 3.77. The molecule has 5 heteroatoms. The first kappa shape index (κ1) is 13.0. The fourth-order valence-corrected chi connectivity index (χ4v) is 1.45. The van der Waals surface area contributed by atoms with Crippen LogP contribution in [0.3, 0.4) is 0 Å². The van der Waals surface area contributed by atoms with Crippen molar-refractivity contribution in [3.8, 4) is 5.75 Å². The van der Waals surface area contributed by atoms with Crippen molar-refractivity contribution in [2.24, 2.45) is 0 Å². The van der Waals surface area contributed by atoms with Crippen molar-refractivity contribution in [1.82, 2.24) is 4.98 Å². The van der Waals surface area contributed by atoms with E-state index in [9.17, 15) is 9.18 Å². The summed E-state index contributed by atoms with van der Waals surface area (Å²) in [5, 5.41) is 2.67. The Labute approximate surface area is 110 Å². The Morgan fingerprint density at radius 1 is 1.32 bits per heavy atom. The van der Waals surface area contributed by atoms with E-state index in [0.29, 0.717) is 11.4 Å². The molecule has 0 bridgehead atoms. The van der Waals surface area contributed by atoms with Crippen LogP contribution < -0.4 is 10.1 Å². The van der Waals surface area contributed by atoms with Gasteiger partial charge in [0.15, 0.2) is 6.10 Å². The van der Waals surface area contributed by atoms with Crippen LogP contribution in [0.5, 0.6) is 5.75 Å². The molecule has 1 aromatic heterocycles. The Hall–Kier alpha value is -2.43. The van der Waals surface area contributed by atoms with Gasteiger partial charge in [0, 0.05) is 6.20 Å². The number of anilines is 1. The Bertz CT molecular complexity index is 543. The van der Waals surface area contributed by atoms with E-state index in [2.05, 4.69) is 10.3 Å². The lowest BCUT2D eigenvalue weighted by atomic mass is 10.3. The Morgan fingerprint density at radius 3 is 2.68 bits per heavy atom. The first-order chi connectivity index (χ1) is 9.15. The smallest absolute Gasteiger partial charge is 0.265 e. The molecule has 4 nitrogen and oxygen atoms in total. The number of benzene rings is 1. The molecule has 1 heterocycles. The van der Waals surface area contributed by atoms with E-state index in [4.69, 9.17) is 4.74 Å². The number of amides is 1. The van der Waals surface area contributed by atoms with Crippen molar-refractivity contribution >= 4 is 11.6 Å². The first-order valence-electron chi connectivity index (χ1n) is 5.78. The molecule has 2 rings (SSSR count). The van der Waals surface area contributed by atoms with Gasteiger partial charge in [0.25, 0.3) is 5.91 Å². The van der Waals surface area contributed by atoms with Crippen LogP contribution in [0.2, 0.25) is 0 Å². The number of rotatable bonds is 4. The minimum absolute atomic E-state index is 0.294. The van der Waals surface area contributed by atoms with E-state index in [0.717, 1.165) is 0 Å². The van der Waals surface area contributed by atoms with Gasteiger partial charge in [0.2, 0.25) is 0 Å². The Morgan fingerprint density at radius 2 is 2.05 bits per heavy atom. The van der Waals surface area contributed by atoms with E-state index in [1.165, 1.54) is 24.3 Å². The molecule has 0 radical (unpaired) electrons. The summed E-state index contributed by atoms with van der Waals surface area (Å²) in [5.41, 5.74) is 0.599. The highest BCUT2D eigenvalue weighted by molar-refractivity contribution is 5.93. The third-order valence-electron chi connectivity index (χ3n) is 2.42. The number of hydrogen-bond donors (Lipinski definition) is 1. The maximum atomic E-state index is 12.7. The van der Waals surface area contributed by atoms with Gasteiger partial charge in [-0.1, -0.05) is 0 Å². The summed E-state index contributed by atoms with van der Waals surface area (Å²) in [5.74, 6) is -0.202. The number of carbonyl (C=O) groups is 1. The zero-order valence-electron chi connectivity index (χ0n) is 10.3. The lowest BCUT2D eigenvalue weighted by molar-refractivity contribution is -0.122. The molecule has 2 aromatic rings. The highest BCUT2D eigenvalue weighted by Gasteiger charge is 2.14. The molecule has 1 atom stereocenters. The average Bonchev–Trinajstić information content (AvgIpc) is 2.42. The number of pyridine rings is 1. The van der Waals surface area contributed by atoms with E-state index < -0.39 is 6.10 Å². The van der Waals surface area contributed by atoms with Crippen molar-refractivity contribution in [2.75, 3.05) is 5.32 Å². The summed E-state index contributed by atoms with van der Waals surface area (Å²) >= 11 is 0. The summed E-state index contributed by atoms with van der Waals surface area (Å²) in [6.07, 6.45) is 2.47. The Balaban J connectivity index is 1.94. The molecule has 0 saturated carbocycles. The summed E-state index contributed by atoms with van der Waals surface area (Å²) < 4.78 is 18.1. The Kier molecular flexibility index (Phi) is 4.07. The molecule has 0 unspecified atom stereocenters. The molecule has 19 heavy (non-hydrogen) atoms. The van der Waals surface area contributed by atoms with Crippen LogP contribution in [-0.4, -0.2) is 17.0 Å². The van der Waals surface area contributed by atoms with E-state index in [1.54, 1.807) is 31.5 Å². The van der Waals surface area contributed by atoms with Crippen molar-refractivity contribution < 1.29 is 13.9 Å². The van der Waals surface area contributed by atoms with Crippen LogP contribution in [0, 0.1) is 5.82 Å². The number of ether oxygens (including phenoxy) is 1. The van der Waals surface area contributed by atoms with Crippen molar-refractivity contribution in [3.63, 3.8) is 0 Å². The molecule has 1 N–H and O–H groups in total. The number of carbonyl (C=O) groups excluding carboxylic acids is 1. The van der Waals surface area contributed by atoms with E-state index in [1.807, 2.05) is 0 Å². The standard InChI is InChI=1S/C14H13FN2O2/c1-10(19-13-6-4-11(15)5-7-13)14(18)17-12-3-2-8-16-9-12/h2-10H,1H3,(H,17,18)/t10-/m0/s1. The van der Waals surface area contributed by atoms with E-state index in [-0.39, 0.29) is 11.7 Å². The predicted octanol–water partition coefficient (Wildman–Crippen LogP) is 2.63. The van der Waals surface area contributed by atoms with Crippen molar-refractivity contribution in [3.05, 3.63) is 54.6 Å². The zero-order valence-corrected chi connectivity index (χ0v) is 10.3. The number of aromatic nitrogens is 1. The minimum Gasteiger partial charge on any atom is -0.481 e. The lowest BCUT2D eigenvalue weighted by Gasteiger charge is -2.14. The lowest BCUT2D eigenvalue weighted by Crippen LogP contribution is -2.30. The van der Waals surface area contributed by atoms with Gasteiger partial charge in [-0.05, 0) is 43.3 Å². The highest BCUT2D eigenvalue weighted by Crippen LogP contribution is 2.14. The summed E-state index contributed by atoms with van der Waals surface area (Å²) in [4.78, 5) is 15.7. The highest BCUT2D eigenvalue weighted by atomic mass is 19.1. The van der Waals surface area contributed by atoms with Gasteiger partial charge >= 0.3 is 0 Å². The molecule has 1 amide bonds. The molecular weight excluding hydrogens is 247 g/mol. The van der Waals surface area contributed by atoms with Crippen LogP contribution in [0.4, 0.5) is 10.1 Å². The van der Waals surface area contributed by atoms with Crippen LogP contribution >= 0.6 is 0 Å². The fourth-order valence-electron chi connectivity index (χ4n) is 1.45. The zero-order chi connectivity index (χ0) is 13.7. The molecule has 0 saturated heterocycles. The molecule has 0 fully saturated rings. The predicted molar refractivity (Wildman–Crippen MR) is 69.4 cm³/mol. The topological polar surface area (TPSA) is 51.2 Å². The number of hydrogen-bond acceptors (Lipinski definition) is 3. The van der Waals surface area contributed by atoms with Crippen LogP contribution in [0.15, 0.2) is 48.8 Å². The van der Waals surface area contributed by atoms with Gasteiger partial charge in [-0.15, -0.1) is 0 Å². The second-order valence-corrected chi connectivity index (χ2v) is 3.94. The second-order valence-electron chi connectivity index (χ2n) is 3.94. The summed E-state index contributed by atoms with van der Waals surface area (Å²) in [6, 6.07) is 8.96. The number of nitrogens with zero attached hydrogens (tertiary/aromatic N) is 1. The van der Waals surface area contributed by atoms with Crippen LogP contribution in [0.1, 0.15) is 6.92 Å². The maximum Gasteiger partial charge on any atom is 0.265 e. The van der Waals surface area contributed by atoms with E-state index >= 15 is 0 Å². The molecular formula is C14H13FN2O2. The molecule has 0 aliphatic carbocycles. The summed E-state index contributed by atoms with van der Waals surface area (Å²) in [6.45, 7) is 1.62. The SMILES string of the molecule is C[C@H](Oc1ccc(F)cc1)C(=O)Nc1cccnc1. The number of nitrogens with one attached hydrogen (secondary N) is 1. The summed E-state index contributed by atoms with van der Waals surface area (Å²) in [7, 11) is 0.